The first kappa shape index (κ1) is 44.5. The fourth-order valence-corrected chi connectivity index (χ4v) is 5.92. The third kappa shape index (κ3) is 34.6. The maximum Gasteiger partial charge on any atom is 0.306 e. The number of esters is 1. The van der Waals surface area contributed by atoms with Crippen LogP contribution in [0.4, 0.5) is 0 Å². The van der Waals surface area contributed by atoms with Crippen LogP contribution < -0.4 is 4.89 Å². The first-order chi connectivity index (χ1) is 21.6. The highest BCUT2D eigenvalue weighted by atomic mass is 31.2. The molecule has 0 amide bonds. The molecule has 9 heteroatoms. The molecule has 2 atom stereocenters. The van der Waals surface area contributed by atoms with Gasteiger partial charge in [-0.3, -0.25) is 9.36 Å². The van der Waals surface area contributed by atoms with Gasteiger partial charge in [0.25, 0.3) is 7.82 Å². The van der Waals surface area contributed by atoms with Gasteiger partial charge in [-0.25, -0.2) is 0 Å². The van der Waals surface area contributed by atoms with Gasteiger partial charge in [0.15, 0.2) is 0 Å². The van der Waals surface area contributed by atoms with Crippen molar-refractivity contribution in [2.24, 2.45) is 0 Å². The van der Waals surface area contributed by atoms with Crippen molar-refractivity contribution < 1.29 is 37.3 Å². The molecule has 0 spiro atoms. The Balaban J connectivity index is 4.29. The van der Waals surface area contributed by atoms with Gasteiger partial charge >= 0.3 is 5.97 Å². The molecular formula is C36H74NO7P. The number of phosphoric acid groups is 1. The molecule has 0 heterocycles. The molecule has 45 heavy (non-hydrogen) atoms. The summed E-state index contributed by atoms with van der Waals surface area (Å²) in [6.45, 7) is 5.42. The normalized spacial score (nSPS) is 14.0. The first-order valence-corrected chi connectivity index (χ1v) is 20.2. The number of unbranched alkanes of at least 4 members (excludes halogenated alkanes) is 21. The predicted octanol–water partition coefficient (Wildman–Crippen LogP) is 9.52. The van der Waals surface area contributed by atoms with Crippen LogP contribution in [0, 0.1) is 0 Å². The van der Waals surface area contributed by atoms with E-state index in [2.05, 4.69) is 13.8 Å². The minimum Gasteiger partial charge on any atom is -0.756 e. The second-order valence-corrected chi connectivity index (χ2v) is 15.4. The third-order valence-corrected chi connectivity index (χ3v) is 9.12. The zero-order valence-corrected chi connectivity index (χ0v) is 31.2. The maximum atomic E-state index is 12.6. The summed E-state index contributed by atoms with van der Waals surface area (Å²) in [7, 11) is 1.37. The Bertz CT molecular complexity index is 701. The monoisotopic (exact) mass is 664 g/mol. The molecule has 0 aromatic heterocycles. The molecule has 0 aliphatic heterocycles. The van der Waals surface area contributed by atoms with E-state index in [4.69, 9.17) is 18.5 Å². The van der Waals surface area contributed by atoms with Crippen LogP contribution in [0.25, 0.3) is 0 Å². The molecule has 8 nitrogen and oxygen atoms in total. The van der Waals surface area contributed by atoms with E-state index in [1.54, 1.807) is 0 Å². The quantitative estimate of drug-likeness (QED) is 0.0288. The summed E-state index contributed by atoms with van der Waals surface area (Å²) in [6, 6.07) is 0. The number of ether oxygens (including phenoxy) is 2. The van der Waals surface area contributed by atoms with Gasteiger partial charge < -0.3 is 27.9 Å². The van der Waals surface area contributed by atoms with Gasteiger partial charge in [-0.15, -0.1) is 0 Å². The van der Waals surface area contributed by atoms with Gasteiger partial charge in [0.1, 0.15) is 19.3 Å². The lowest BCUT2D eigenvalue weighted by Gasteiger charge is -2.28. The smallest absolute Gasteiger partial charge is 0.306 e. The summed E-state index contributed by atoms with van der Waals surface area (Å²) in [5.74, 6) is -0.333. The van der Waals surface area contributed by atoms with Gasteiger partial charge in [-0.1, -0.05) is 149 Å². The second-order valence-electron chi connectivity index (χ2n) is 14.0. The number of carbonyl (C=O) groups excluding carboxylic acids is 1. The molecule has 0 fully saturated rings. The van der Waals surface area contributed by atoms with Crippen molar-refractivity contribution in [3.63, 3.8) is 0 Å². The average Bonchev–Trinajstić information content (AvgIpc) is 2.98. The molecule has 1 unspecified atom stereocenters. The SMILES string of the molecule is CCCCCCCCCCCCCCOC[C@H](COP(=O)([O-])OCC[N+](C)(C)C)OC(=O)CCCCCCCCCCCCC. The van der Waals surface area contributed by atoms with E-state index in [-0.39, 0.29) is 25.8 Å². The highest BCUT2D eigenvalue weighted by Crippen LogP contribution is 2.38. The summed E-state index contributed by atoms with van der Waals surface area (Å²) in [6.07, 6.45) is 28.1. The Kier molecular flexibility index (Phi) is 30.5. The Labute approximate surface area is 278 Å². The van der Waals surface area contributed by atoms with Crippen molar-refractivity contribution in [1.82, 2.24) is 0 Å². The molecule has 0 bridgehead atoms. The van der Waals surface area contributed by atoms with E-state index in [9.17, 15) is 14.3 Å². The van der Waals surface area contributed by atoms with Crippen molar-refractivity contribution in [1.29, 1.82) is 0 Å². The minimum atomic E-state index is -4.50. The zero-order chi connectivity index (χ0) is 33.5. The number of hydrogen-bond donors (Lipinski definition) is 0. The highest BCUT2D eigenvalue weighted by Gasteiger charge is 2.20. The van der Waals surface area contributed by atoms with Crippen LogP contribution in [0.5, 0.6) is 0 Å². The number of hydrogen-bond acceptors (Lipinski definition) is 7. The summed E-state index contributed by atoms with van der Waals surface area (Å²) in [5, 5.41) is 0. The van der Waals surface area contributed by atoms with Crippen LogP contribution in [-0.2, 0) is 27.9 Å². The number of nitrogens with zero attached hydrogens (tertiary/aromatic N) is 1. The topological polar surface area (TPSA) is 94.1 Å². The van der Waals surface area contributed by atoms with Gasteiger partial charge in [-0.05, 0) is 12.8 Å². The largest absolute Gasteiger partial charge is 0.756 e. The highest BCUT2D eigenvalue weighted by molar-refractivity contribution is 7.45. The number of quaternary nitrogens is 1. The molecular weight excluding hydrogens is 589 g/mol. The third-order valence-electron chi connectivity index (χ3n) is 8.16. The molecule has 0 aromatic carbocycles. The van der Waals surface area contributed by atoms with Crippen LogP contribution in [0.2, 0.25) is 0 Å². The molecule has 0 saturated carbocycles. The summed E-state index contributed by atoms with van der Waals surface area (Å²) in [5.41, 5.74) is 0. The van der Waals surface area contributed by atoms with E-state index in [1.165, 1.54) is 116 Å². The van der Waals surface area contributed by atoms with Crippen molar-refractivity contribution in [3.8, 4) is 0 Å². The number of likely N-dealkylation sites (N-methyl/N-ethyl adjacent to an activating group) is 1. The predicted molar refractivity (Wildman–Crippen MR) is 185 cm³/mol. The fraction of sp³-hybridized carbons (Fsp3) is 0.972. The van der Waals surface area contributed by atoms with Gasteiger partial charge in [0.05, 0.1) is 34.4 Å². The van der Waals surface area contributed by atoms with Gasteiger partial charge in [0.2, 0.25) is 0 Å². The Morgan fingerprint density at radius 3 is 1.47 bits per heavy atom. The lowest BCUT2D eigenvalue weighted by atomic mass is 10.1. The number of phosphoric ester groups is 1. The molecule has 0 rings (SSSR count). The fourth-order valence-electron chi connectivity index (χ4n) is 5.19. The van der Waals surface area contributed by atoms with Crippen LogP contribution in [0.3, 0.4) is 0 Å². The molecule has 0 aromatic rings. The van der Waals surface area contributed by atoms with E-state index in [0.29, 0.717) is 24.1 Å². The summed E-state index contributed by atoms with van der Waals surface area (Å²) >= 11 is 0. The lowest BCUT2D eigenvalue weighted by Crippen LogP contribution is -2.37. The van der Waals surface area contributed by atoms with Crippen LogP contribution in [0.15, 0.2) is 0 Å². The van der Waals surface area contributed by atoms with Crippen molar-refractivity contribution >= 4 is 13.8 Å². The Morgan fingerprint density at radius 2 is 1.02 bits per heavy atom. The zero-order valence-electron chi connectivity index (χ0n) is 30.3. The summed E-state index contributed by atoms with van der Waals surface area (Å²) < 4.78 is 34.4. The van der Waals surface area contributed by atoms with E-state index < -0.39 is 13.9 Å². The molecule has 270 valence electrons. The van der Waals surface area contributed by atoms with E-state index in [1.807, 2.05) is 21.1 Å². The number of rotatable bonds is 35. The average molecular weight is 664 g/mol. The van der Waals surface area contributed by atoms with Gasteiger partial charge in [-0.2, -0.15) is 0 Å². The second kappa shape index (κ2) is 30.8. The summed E-state index contributed by atoms with van der Waals surface area (Å²) in [4.78, 5) is 24.8. The first-order valence-electron chi connectivity index (χ1n) is 18.8. The standard InChI is InChI=1S/C36H74NO7P/c1-6-8-10-12-14-16-18-20-22-24-26-28-31-41-33-35(34-43-45(39,40)42-32-30-37(3,4)5)44-36(38)29-27-25-23-21-19-17-15-13-11-9-7-2/h35H,6-34H2,1-5H3/t35-/m1/s1. The Morgan fingerprint density at radius 1 is 0.600 bits per heavy atom. The van der Waals surface area contributed by atoms with Crippen LogP contribution in [0.1, 0.15) is 168 Å². The molecule has 0 aliphatic carbocycles. The van der Waals surface area contributed by atoms with Crippen molar-refractivity contribution in [2.75, 3.05) is 54.1 Å². The number of carbonyl (C=O) groups is 1. The Hall–Kier alpha value is -0.500. The molecule has 0 radical (unpaired) electrons. The molecule has 0 aliphatic rings. The van der Waals surface area contributed by atoms with Crippen molar-refractivity contribution in [2.45, 2.75) is 174 Å². The van der Waals surface area contributed by atoms with Crippen LogP contribution >= 0.6 is 7.82 Å². The molecule has 0 saturated heterocycles. The van der Waals surface area contributed by atoms with Crippen molar-refractivity contribution in [3.05, 3.63) is 0 Å². The minimum absolute atomic E-state index is 0.0308. The van der Waals surface area contributed by atoms with E-state index in [0.717, 1.165) is 32.1 Å². The lowest BCUT2D eigenvalue weighted by molar-refractivity contribution is -0.870. The van der Waals surface area contributed by atoms with E-state index >= 15 is 0 Å². The maximum absolute atomic E-state index is 12.6. The molecule has 0 N–H and O–H groups in total. The van der Waals surface area contributed by atoms with Crippen LogP contribution in [-0.4, -0.2) is 70.7 Å². The van der Waals surface area contributed by atoms with Gasteiger partial charge in [0, 0.05) is 13.0 Å².